The van der Waals surface area contributed by atoms with Crippen molar-refractivity contribution >= 4 is 11.8 Å². The number of aryl methyl sites for hydroxylation is 1. The minimum Gasteiger partial charge on any atom is -0.361 e. The molecule has 33 heavy (non-hydrogen) atoms. The highest BCUT2D eigenvalue weighted by atomic mass is 19.2. The van der Waals surface area contributed by atoms with Crippen molar-refractivity contribution in [2.24, 2.45) is 11.7 Å². The molecule has 2 aliphatic rings. The van der Waals surface area contributed by atoms with Gasteiger partial charge in [0.2, 0.25) is 11.8 Å². The number of fused-ring (bicyclic) bond motifs is 2. The Kier molecular flexibility index (Phi) is 6.73. The Morgan fingerprint density at radius 1 is 1.15 bits per heavy atom. The first-order chi connectivity index (χ1) is 15.7. The molecule has 0 aliphatic carbocycles. The van der Waals surface area contributed by atoms with Crippen molar-refractivity contribution in [1.82, 2.24) is 15.4 Å². The van der Waals surface area contributed by atoms with Crippen LogP contribution < -0.4 is 11.1 Å². The van der Waals surface area contributed by atoms with Gasteiger partial charge in [-0.3, -0.25) is 9.59 Å². The zero-order chi connectivity index (χ0) is 23.7. The van der Waals surface area contributed by atoms with Gasteiger partial charge < -0.3 is 20.5 Å². The van der Waals surface area contributed by atoms with Crippen LogP contribution in [-0.2, 0) is 22.4 Å². The molecule has 2 amide bonds. The highest BCUT2D eigenvalue weighted by Gasteiger charge is 2.44. The SMILES string of the molecule is Cc1cc(CC(=O)NCC(=O)N2[C@@H]3CC[C@H]2C[C@H]([C@H](N)Cc2cc(F)c(F)cc2F)C3)on1. The second kappa shape index (κ2) is 9.54. The number of halogens is 3. The summed E-state index contributed by atoms with van der Waals surface area (Å²) in [6.07, 6.45) is 3.09. The van der Waals surface area contributed by atoms with Crippen LogP contribution in [0.25, 0.3) is 0 Å². The molecule has 4 rings (SSSR count). The molecule has 1 aromatic carbocycles. The van der Waals surface area contributed by atoms with Crippen molar-refractivity contribution in [2.75, 3.05) is 6.54 Å². The number of benzene rings is 1. The molecule has 4 atom stereocenters. The Balaban J connectivity index is 1.30. The number of amides is 2. The number of hydrogen-bond acceptors (Lipinski definition) is 5. The minimum atomic E-state index is -1.22. The highest BCUT2D eigenvalue weighted by molar-refractivity contribution is 5.86. The van der Waals surface area contributed by atoms with Crippen molar-refractivity contribution in [2.45, 2.75) is 63.6 Å². The summed E-state index contributed by atoms with van der Waals surface area (Å²) >= 11 is 0. The molecule has 2 bridgehead atoms. The number of carbonyl (C=O) groups is 2. The maximum Gasteiger partial charge on any atom is 0.242 e. The number of nitrogens with two attached hydrogens (primary N) is 1. The largest absolute Gasteiger partial charge is 0.361 e. The lowest BCUT2D eigenvalue weighted by Gasteiger charge is -2.41. The fourth-order valence-electron chi connectivity index (χ4n) is 5.10. The monoisotopic (exact) mass is 464 g/mol. The van der Waals surface area contributed by atoms with Crippen molar-refractivity contribution in [3.8, 4) is 0 Å². The molecule has 0 unspecified atom stereocenters. The highest BCUT2D eigenvalue weighted by Crippen LogP contribution is 2.40. The molecule has 2 aromatic rings. The van der Waals surface area contributed by atoms with Crippen molar-refractivity contribution < 1.29 is 27.3 Å². The molecular weight excluding hydrogens is 437 g/mol. The van der Waals surface area contributed by atoms with Crippen LogP contribution in [0.2, 0.25) is 0 Å². The lowest BCUT2D eigenvalue weighted by Crippen LogP contribution is -2.52. The van der Waals surface area contributed by atoms with Gasteiger partial charge >= 0.3 is 0 Å². The molecule has 0 saturated carbocycles. The average Bonchev–Trinajstić information content (AvgIpc) is 3.29. The normalized spacial score (nSPS) is 22.9. The van der Waals surface area contributed by atoms with E-state index in [4.69, 9.17) is 10.3 Å². The molecule has 178 valence electrons. The molecule has 3 heterocycles. The number of aromatic nitrogens is 1. The van der Waals surface area contributed by atoms with E-state index in [1.165, 1.54) is 0 Å². The van der Waals surface area contributed by atoms with Crippen LogP contribution >= 0.6 is 0 Å². The van der Waals surface area contributed by atoms with Gasteiger partial charge in [0.1, 0.15) is 11.6 Å². The summed E-state index contributed by atoms with van der Waals surface area (Å²) in [6, 6.07) is 2.63. The number of rotatable bonds is 7. The Labute approximate surface area is 189 Å². The summed E-state index contributed by atoms with van der Waals surface area (Å²) in [5.41, 5.74) is 7.06. The summed E-state index contributed by atoms with van der Waals surface area (Å²) in [5, 5.41) is 6.37. The van der Waals surface area contributed by atoms with Crippen molar-refractivity contribution in [1.29, 1.82) is 0 Å². The van der Waals surface area contributed by atoms with Crippen LogP contribution in [0.1, 0.15) is 42.7 Å². The molecular formula is C23H27F3N4O3. The molecule has 2 aliphatic heterocycles. The maximum atomic E-state index is 14.0. The first-order valence-electron chi connectivity index (χ1n) is 11.1. The molecule has 2 fully saturated rings. The molecule has 2 saturated heterocycles. The summed E-state index contributed by atoms with van der Waals surface area (Å²) in [6.45, 7) is 1.66. The van der Waals surface area contributed by atoms with Crippen LogP contribution in [0.4, 0.5) is 13.2 Å². The topological polar surface area (TPSA) is 101 Å². The fourth-order valence-corrected chi connectivity index (χ4v) is 5.10. The van der Waals surface area contributed by atoms with Crippen molar-refractivity contribution in [3.05, 3.63) is 52.7 Å². The van der Waals surface area contributed by atoms with E-state index in [0.29, 0.717) is 30.4 Å². The predicted octanol–water partition coefficient (Wildman–Crippen LogP) is 2.40. The lowest BCUT2D eigenvalue weighted by molar-refractivity contribution is -0.137. The number of carbonyl (C=O) groups excluding carboxylic acids is 2. The minimum absolute atomic E-state index is 0.00377. The molecule has 3 N–H and O–H groups in total. The first kappa shape index (κ1) is 23.3. The van der Waals surface area contributed by atoms with Crippen LogP contribution in [-0.4, -0.2) is 46.5 Å². The van der Waals surface area contributed by atoms with E-state index in [2.05, 4.69) is 10.5 Å². The van der Waals surface area contributed by atoms with Crippen LogP contribution in [0.15, 0.2) is 22.7 Å². The second-order valence-corrected chi connectivity index (χ2v) is 9.03. The van der Waals surface area contributed by atoms with E-state index in [-0.39, 0.29) is 54.8 Å². The van der Waals surface area contributed by atoms with Gasteiger partial charge in [-0.15, -0.1) is 0 Å². The summed E-state index contributed by atoms with van der Waals surface area (Å²) < 4.78 is 45.7. The Morgan fingerprint density at radius 3 is 2.45 bits per heavy atom. The second-order valence-electron chi connectivity index (χ2n) is 9.03. The Hall–Kier alpha value is -2.88. The zero-order valence-corrected chi connectivity index (χ0v) is 18.3. The summed E-state index contributed by atoms with van der Waals surface area (Å²) in [5.74, 6) is -3.14. The van der Waals surface area contributed by atoms with Gasteiger partial charge in [-0.05, 0) is 56.6 Å². The first-order valence-corrected chi connectivity index (χ1v) is 11.1. The van der Waals surface area contributed by atoms with E-state index >= 15 is 0 Å². The number of hydrogen-bond donors (Lipinski definition) is 2. The summed E-state index contributed by atoms with van der Waals surface area (Å²) in [7, 11) is 0. The standard InChI is InChI=1S/C23H27F3N4O3/c1-12-4-17(33-29-12)9-22(31)28-11-23(32)30-15-2-3-16(30)6-14(5-15)21(27)8-13-7-19(25)20(26)10-18(13)24/h4,7,10,14-16,21H,2-3,5-6,8-9,11,27H2,1H3,(H,28,31)/t14-,15-,16+,21-/m1/s1. The van der Waals surface area contributed by atoms with Gasteiger partial charge in [0.05, 0.1) is 18.7 Å². The fraction of sp³-hybridized carbons (Fsp3) is 0.522. The van der Waals surface area contributed by atoms with Crippen LogP contribution in [0.3, 0.4) is 0 Å². The molecule has 1 aromatic heterocycles. The van der Waals surface area contributed by atoms with E-state index in [1.807, 2.05) is 4.90 Å². The van der Waals surface area contributed by atoms with Gasteiger partial charge in [0, 0.05) is 30.3 Å². The summed E-state index contributed by atoms with van der Waals surface area (Å²) in [4.78, 5) is 26.8. The molecule has 10 heteroatoms. The van der Waals surface area contributed by atoms with E-state index in [0.717, 1.165) is 18.9 Å². The lowest BCUT2D eigenvalue weighted by atomic mass is 9.82. The molecule has 7 nitrogen and oxygen atoms in total. The number of nitrogens with zero attached hydrogens (tertiary/aromatic N) is 2. The molecule has 0 radical (unpaired) electrons. The van der Waals surface area contributed by atoms with E-state index < -0.39 is 23.5 Å². The van der Waals surface area contributed by atoms with Gasteiger partial charge in [-0.25, -0.2) is 13.2 Å². The average molecular weight is 464 g/mol. The van der Waals surface area contributed by atoms with Gasteiger partial charge in [0.25, 0.3) is 0 Å². The quantitative estimate of drug-likeness (QED) is 0.613. The zero-order valence-electron chi connectivity index (χ0n) is 18.3. The predicted molar refractivity (Wildman–Crippen MR) is 112 cm³/mol. The Bertz CT molecular complexity index is 1030. The Morgan fingerprint density at radius 2 is 1.82 bits per heavy atom. The van der Waals surface area contributed by atoms with E-state index in [1.54, 1.807) is 13.0 Å². The van der Waals surface area contributed by atoms with Crippen LogP contribution in [0, 0.1) is 30.3 Å². The number of piperidine rings is 1. The maximum absolute atomic E-state index is 14.0. The third kappa shape index (κ3) is 5.21. The van der Waals surface area contributed by atoms with Crippen molar-refractivity contribution in [3.63, 3.8) is 0 Å². The third-order valence-electron chi connectivity index (χ3n) is 6.66. The smallest absolute Gasteiger partial charge is 0.242 e. The number of nitrogens with one attached hydrogen (secondary N) is 1. The molecule has 0 spiro atoms. The van der Waals surface area contributed by atoms with Gasteiger partial charge in [0.15, 0.2) is 11.6 Å². The van der Waals surface area contributed by atoms with E-state index in [9.17, 15) is 22.8 Å². The van der Waals surface area contributed by atoms with Gasteiger partial charge in [-0.1, -0.05) is 5.16 Å². The third-order valence-corrected chi connectivity index (χ3v) is 6.66. The van der Waals surface area contributed by atoms with Crippen LogP contribution in [0.5, 0.6) is 0 Å². The van der Waals surface area contributed by atoms with Gasteiger partial charge in [-0.2, -0.15) is 0 Å².